The van der Waals surface area contributed by atoms with Gasteiger partial charge in [-0.3, -0.25) is 0 Å². The quantitative estimate of drug-likeness (QED) is 0.106. The second kappa shape index (κ2) is 27.6. The summed E-state index contributed by atoms with van der Waals surface area (Å²) in [5, 5.41) is 23.8. The maximum absolute atomic E-state index is 7.43. The fourth-order valence-electron chi connectivity index (χ4n) is 20.5. The Kier molecular flexibility index (Phi) is 15.5. The van der Waals surface area contributed by atoms with E-state index in [-0.39, 0.29) is 12.0 Å². The molecule has 124 heavy (non-hydrogen) atoms. The molecule has 0 saturated heterocycles. The zero-order valence-corrected chi connectivity index (χ0v) is 67.0. The third kappa shape index (κ3) is 10.7. The van der Waals surface area contributed by atoms with E-state index in [9.17, 15) is 0 Å². The van der Waals surface area contributed by atoms with Crippen LogP contribution in [0.3, 0.4) is 0 Å². The van der Waals surface area contributed by atoms with E-state index in [1.54, 1.807) is 0 Å². The van der Waals surface area contributed by atoms with Crippen LogP contribution >= 0.6 is 0 Å². The third-order valence-electron chi connectivity index (χ3n) is 26.0. The van der Waals surface area contributed by atoms with Crippen molar-refractivity contribution in [3.8, 4) is 16.9 Å². The Morgan fingerprint density at radius 1 is 0.210 bits per heavy atom. The molecule has 3 aromatic heterocycles. The van der Waals surface area contributed by atoms with Crippen LogP contribution < -0.4 is 24.3 Å². The lowest BCUT2D eigenvalue weighted by Gasteiger charge is -2.29. The van der Waals surface area contributed by atoms with Crippen LogP contribution in [0.25, 0.3) is 163 Å². The van der Waals surface area contributed by atoms with Crippen LogP contribution in [0.15, 0.2) is 438 Å². The summed E-state index contributed by atoms with van der Waals surface area (Å²) in [5.41, 5.74) is 20.8. The Bertz CT molecular complexity index is 8640. The molecule has 0 spiro atoms. The molecular formula is C116H72N4O4. The van der Waals surface area contributed by atoms with E-state index in [1.165, 1.54) is 27.1 Å². The number of rotatable bonds is 13. The van der Waals surface area contributed by atoms with Gasteiger partial charge in [-0.05, 0) is 177 Å². The minimum Gasteiger partial charge on any atom is -0.485 e. The van der Waals surface area contributed by atoms with Gasteiger partial charge in [0, 0.05) is 132 Å². The molecule has 2 aliphatic rings. The van der Waals surface area contributed by atoms with Crippen LogP contribution in [0.4, 0.5) is 68.2 Å². The van der Waals surface area contributed by atoms with Gasteiger partial charge in [0.2, 0.25) is 0 Å². The molecule has 4 heterocycles. The molecule has 580 valence electrons. The van der Waals surface area contributed by atoms with E-state index in [2.05, 4.69) is 438 Å². The van der Waals surface area contributed by atoms with Crippen LogP contribution in [-0.2, 0) is 0 Å². The molecule has 0 radical (unpaired) electrons. The number of anilines is 12. The highest BCUT2D eigenvalue weighted by Gasteiger charge is 2.35. The zero-order valence-electron chi connectivity index (χ0n) is 67.0. The average Bonchev–Trinajstić information content (AvgIpc) is 1.52. The number of fused-ring (bicyclic) bond motifs is 26. The Morgan fingerprint density at radius 2 is 0.581 bits per heavy atom. The lowest BCUT2D eigenvalue weighted by atomic mass is 9.91. The smallest absolute Gasteiger partial charge is 0.143 e. The summed E-state index contributed by atoms with van der Waals surface area (Å²) in [6.07, 6.45) is 8.61. The maximum atomic E-state index is 7.43. The van der Waals surface area contributed by atoms with Crippen LogP contribution in [-0.4, -0.2) is 6.10 Å². The molecular weight excluding hydrogens is 1510 g/mol. The Balaban J connectivity index is 0.645. The fourth-order valence-corrected chi connectivity index (χ4v) is 20.5. The van der Waals surface area contributed by atoms with Gasteiger partial charge in [-0.2, -0.15) is 0 Å². The summed E-state index contributed by atoms with van der Waals surface area (Å²) >= 11 is 0. The predicted molar refractivity (Wildman–Crippen MR) is 518 cm³/mol. The van der Waals surface area contributed by atoms with E-state index in [0.717, 1.165) is 216 Å². The van der Waals surface area contributed by atoms with Gasteiger partial charge in [0.05, 0.1) is 34.1 Å². The maximum Gasteiger partial charge on any atom is 0.143 e. The first kappa shape index (κ1) is 69.5. The van der Waals surface area contributed by atoms with Crippen molar-refractivity contribution in [2.75, 3.05) is 19.6 Å². The van der Waals surface area contributed by atoms with Gasteiger partial charge in [-0.15, -0.1) is 0 Å². The minimum absolute atomic E-state index is 0.0399. The van der Waals surface area contributed by atoms with Crippen molar-refractivity contribution >= 4 is 220 Å². The standard InChI is InChI=1S/C116H72N4O4/c1-4-31-74(32-5-1)117(78-59-61-110-96(65-78)89-45-24-26-53-108(89)121-110)104-67-98-99-68-105(86-42-16-21-49-93(86)114(99)123-113(98)92-48-20-15-41-85(92)104)118(79-60-62-111-97(66-79)90-46-25-27-54-109(90)122-111)77-57-55-71(56-58-77)81-52-28-30-73-64-103(84-40-14-19-47-91(84)112(73)81)120(76-35-8-3-9-36-76)107-70-101-100-69-106(87-43-17-22-50-94(87)115(100)124-116(101)95-51-23-18-44-88(95)107)119(75-33-6-2-7-34-75)102-63-72-29-10-11-37-80(72)82-38-12-13-39-83(82)102/h1-70,89,108H. The summed E-state index contributed by atoms with van der Waals surface area (Å²) in [5.74, 6) is 1.03. The molecule has 0 amide bonds. The summed E-state index contributed by atoms with van der Waals surface area (Å²) in [6, 6.07) is 146. The lowest BCUT2D eigenvalue weighted by molar-refractivity contribution is 0.269. The van der Waals surface area contributed by atoms with Gasteiger partial charge >= 0.3 is 0 Å². The van der Waals surface area contributed by atoms with E-state index < -0.39 is 0 Å². The third-order valence-corrected chi connectivity index (χ3v) is 26.0. The second-order valence-electron chi connectivity index (χ2n) is 32.8. The van der Waals surface area contributed by atoms with Crippen LogP contribution in [0.2, 0.25) is 0 Å². The number of benzene rings is 21. The normalized spacial score (nSPS) is 13.8. The van der Waals surface area contributed by atoms with E-state index in [1.807, 2.05) is 6.07 Å². The monoisotopic (exact) mass is 1580 g/mol. The first-order valence-electron chi connectivity index (χ1n) is 42.5. The Hall–Kier alpha value is -16.4. The molecule has 21 aromatic carbocycles. The molecule has 1 aliphatic heterocycles. The predicted octanol–water partition coefficient (Wildman–Crippen LogP) is 33.1. The molecule has 0 fully saturated rings. The average molecular weight is 1590 g/mol. The van der Waals surface area contributed by atoms with Gasteiger partial charge < -0.3 is 37.6 Å². The van der Waals surface area contributed by atoms with Crippen molar-refractivity contribution in [2.45, 2.75) is 12.0 Å². The highest BCUT2D eigenvalue weighted by molar-refractivity contribution is 6.29. The summed E-state index contributed by atoms with van der Waals surface area (Å²) in [6.45, 7) is 0. The van der Waals surface area contributed by atoms with Crippen molar-refractivity contribution in [3.05, 3.63) is 430 Å². The van der Waals surface area contributed by atoms with Crippen LogP contribution in [0, 0.1) is 0 Å². The molecule has 0 bridgehead atoms. The topological polar surface area (TPSA) is 61.6 Å². The lowest BCUT2D eigenvalue weighted by Crippen LogP contribution is -2.15. The van der Waals surface area contributed by atoms with Crippen molar-refractivity contribution in [1.29, 1.82) is 0 Å². The highest BCUT2D eigenvalue weighted by Crippen LogP contribution is 2.56. The van der Waals surface area contributed by atoms with Gasteiger partial charge in [-0.25, -0.2) is 0 Å². The molecule has 2 atom stereocenters. The van der Waals surface area contributed by atoms with Gasteiger partial charge in [0.25, 0.3) is 0 Å². The summed E-state index contributed by atoms with van der Waals surface area (Å²) in [4.78, 5) is 9.79. The number of nitrogens with zero attached hydrogens (tertiary/aromatic N) is 4. The number of hydrogen-bond donors (Lipinski definition) is 0. The van der Waals surface area contributed by atoms with Gasteiger partial charge in [-0.1, -0.05) is 291 Å². The molecule has 8 heteroatoms. The number of ether oxygens (including phenoxy) is 1. The van der Waals surface area contributed by atoms with E-state index in [4.69, 9.17) is 18.0 Å². The first-order chi connectivity index (χ1) is 61.5. The van der Waals surface area contributed by atoms with Crippen molar-refractivity contribution < 1.29 is 18.0 Å². The van der Waals surface area contributed by atoms with Crippen LogP contribution in [0.1, 0.15) is 11.5 Å². The first-order valence-corrected chi connectivity index (χ1v) is 42.5. The fraction of sp³-hybridized carbons (Fsp3) is 0.0172. The number of para-hydroxylation sites is 4. The van der Waals surface area contributed by atoms with Crippen molar-refractivity contribution in [1.82, 2.24) is 0 Å². The second-order valence-corrected chi connectivity index (χ2v) is 32.8. The molecule has 0 saturated carbocycles. The molecule has 24 aromatic rings. The Morgan fingerprint density at radius 3 is 1.12 bits per heavy atom. The van der Waals surface area contributed by atoms with Crippen LogP contribution in [0.5, 0.6) is 5.75 Å². The van der Waals surface area contributed by atoms with Gasteiger partial charge in [0.15, 0.2) is 0 Å². The van der Waals surface area contributed by atoms with Gasteiger partial charge in [0.1, 0.15) is 45.4 Å². The van der Waals surface area contributed by atoms with E-state index >= 15 is 0 Å². The molecule has 0 N–H and O–H groups in total. The SMILES string of the molecule is C1=CC2Oc3ccc(N(c4ccccc4)c4cc5c6cc(N(c7ccc(-c8cccc9cc(N(c%10ccccc%10)c%10cc%11c%12cc(N(c%13ccccc%13)c%13cc%14ccccc%14c%14ccccc%13%14)c%13ccccc%13c%12oc%11c%11ccccc%10%11)c%10ccccc%10c89)cc7)c7ccc8oc9ccccc9c8c7)c7ccccc7c6oc5c5ccccc45)cc3C2C=C1. The Labute approximate surface area is 712 Å². The number of furan rings is 3. The molecule has 2 unspecified atom stereocenters. The molecule has 1 aliphatic carbocycles. The largest absolute Gasteiger partial charge is 0.485 e. The molecule has 8 nitrogen and oxygen atoms in total. The highest BCUT2D eigenvalue weighted by atomic mass is 16.5. The van der Waals surface area contributed by atoms with E-state index in [0.29, 0.717) is 0 Å². The van der Waals surface area contributed by atoms with Crippen molar-refractivity contribution in [2.24, 2.45) is 0 Å². The van der Waals surface area contributed by atoms with Crippen molar-refractivity contribution in [3.63, 3.8) is 0 Å². The zero-order chi connectivity index (χ0) is 81.2. The summed E-state index contributed by atoms with van der Waals surface area (Å²) < 4.78 is 28.0. The number of hydrogen-bond acceptors (Lipinski definition) is 8. The number of allylic oxidation sites excluding steroid dienone is 2. The minimum atomic E-state index is -0.0399. The summed E-state index contributed by atoms with van der Waals surface area (Å²) in [7, 11) is 0. The molecule has 26 rings (SSSR count).